The molecule has 19 heavy (non-hydrogen) atoms. The predicted octanol–water partition coefficient (Wildman–Crippen LogP) is 0.602. The largest absolute Gasteiger partial charge is 0.477 e. The molecule has 0 radical (unpaired) electrons. The van der Waals surface area contributed by atoms with Crippen molar-refractivity contribution in [2.75, 3.05) is 18.4 Å². The van der Waals surface area contributed by atoms with Crippen molar-refractivity contribution < 1.29 is 23.4 Å². The minimum Gasteiger partial charge on any atom is -0.477 e. The highest BCUT2D eigenvalue weighted by Crippen LogP contribution is 2.28. The van der Waals surface area contributed by atoms with E-state index in [4.69, 9.17) is 9.84 Å². The Balaban J connectivity index is 1.89. The molecular formula is C12H14F2N2O3. The van der Waals surface area contributed by atoms with Gasteiger partial charge in [-0.05, 0) is 12.1 Å². The fourth-order valence-electron chi connectivity index (χ4n) is 1.67. The molecule has 0 bridgehead atoms. The van der Waals surface area contributed by atoms with E-state index in [1.165, 1.54) is 0 Å². The summed E-state index contributed by atoms with van der Waals surface area (Å²) >= 11 is 0. The topological polar surface area (TPSA) is 70.6 Å². The van der Waals surface area contributed by atoms with Gasteiger partial charge >= 0.3 is 0 Å². The van der Waals surface area contributed by atoms with E-state index in [9.17, 15) is 13.6 Å². The average molecular weight is 272 g/mol. The second-order valence-corrected chi connectivity index (χ2v) is 4.13. The summed E-state index contributed by atoms with van der Waals surface area (Å²) in [6.07, 6.45) is -5.56. The van der Waals surface area contributed by atoms with E-state index >= 15 is 0 Å². The van der Waals surface area contributed by atoms with Crippen LogP contribution in [-0.4, -0.2) is 42.7 Å². The van der Waals surface area contributed by atoms with Gasteiger partial charge in [-0.1, -0.05) is 12.1 Å². The van der Waals surface area contributed by atoms with Crippen LogP contribution in [0.15, 0.2) is 24.3 Å². The fraction of sp³-hybridized carbons (Fsp3) is 0.417. The number of halogens is 2. The zero-order valence-corrected chi connectivity index (χ0v) is 9.98. The SMILES string of the molecule is O=C(NCC(O)C(F)F)C1CNc2ccccc2O1. The summed E-state index contributed by atoms with van der Waals surface area (Å²) in [4.78, 5) is 11.7. The Kier molecular flexibility index (Phi) is 4.16. The van der Waals surface area contributed by atoms with Crippen LogP contribution in [0.1, 0.15) is 0 Å². The van der Waals surface area contributed by atoms with Crippen LogP contribution in [0.4, 0.5) is 14.5 Å². The van der Waals surface area contributed by atoms with Crippen LogP contribution in [0.2, 0.25) is 0 Å². The minimum absolute atomic E-state index is 0.244. The molecule has 1 aromatic rings. The van der Waals surface area contributed by atoms with Crippen molar-refractivity contribution in [2.24, 2.45) is 0 Å². The molecule has 7 heteroatoms. The van der Waals surface area contributed by atoms with E-state index in [2.05, 4.69) is 10.6 Å². The molecule has 1 amide bonds. The van der Waals surface area contributed by atoms with Crippen molar-refractivity contribution in [3.8, 4) is 5.75 Å². The van der Waals surface area contributed by atoms with Gasteiger partial charge in [0.2, 0.25) is 0 Å². The highest BCUT2D eigenvalue weighted by Gasteiger charge is 2.26. The van der Waals surface area contributed by atoms with Crippen molar-refractivity contribution >= 4 is 11.6 Å². The number of hydrogen-bond acceptors (Lipinski definition) is 4. The van der Waals surface area contributed by atoms with Crippen molar-refractivity contribution in [3.05, 3.63) is 24.3 Å². The Morgan fingerprint density at radius 3 is 3.00 bits per heavy atom. The molecule has 1 aliphatic rings. The molecule has 0 aliphatic carbocycles. The fourth-order valence-corrected chi connectivity index (χ4v) is 1.67. The molecule has 104 valence electrons. The monoisotopic (exact) mass is 272 g/mol. The molecule has 0 saturated carbocycles. The lowest BCUT2D eigenvalue weighted by Gasteiger charge is -2.26. The summed E-state index contributed by atoms with van der Waals surface area (Å²) in [5.41, 5.74) is 0.777. The standard InChI is InChI=1S/C12H14F2N2O3/c13-11(14)8(17)5-16-12(18)10-6-15-7-3-1-2-4-9(7)19-10/h1-4,8,10-11,15,17H,5-6H2,(H,16,18). The molecule has 0 saturated heterocycles. The molecule has 0 aromatic heterocycles. The number of fused-ring (bicyclic) bond motifs is 1. The Morgan fingerprint density at radius 1 is 1.53 bits per heavy atom. The van der Waals surface area contributed by atoms with Crippen molar-refractivity contribution in [2.45, 2.75) is 18.6 Å². The molecule has 5 nitrogen and oxygen atoms in total. The molecule has 0 fully saturated rings. The number of benzene rings is 1. The van der Waals surface area contributed by atoms with Gasteiger partial charge in [0.15, 0.2) is 6.10 Å². The van der Waals surface area contributed by atoms with E-state index in [-0.39, 0.29) is 6.54 Å². The van der Waals surface area contributed by atoms with E-state index in [0.29, 0.717) is 5.75 Å². The number of carbonyl (C=O) groups is 1. The quantitative estimate of drug-likeness (QED) is 0.750. The first-order chi connectivity index (χ1) is 9.08. The number of amides is 1. The second kappa shape index (κ2) is 5.83. The van der Waals surface area contributed by atoms with Crippen LogP contribution in [0.3, 0.4) is 0 Å². The number of aliphatic hydroxyl groups excluding tert-OH is 1. The van der Waals surface area contributed by atoms with Gasteiger partial charge in [0.05, 0.1) is 12.2 Å². The Bertz CT molecular complexity index is 456. The third-order valence-corrected chi connectivity index (χ3v) is 2.70. The zero-order valence-electron chi connectivity index (χ0n) is 9.98. The van der Waals surface area contributed by atoms with Crippen LogP contribution in [0, 0.1) is 0 Å². The number of alkyl halides is 2. The minimum atomic E-state index is -2.88. The van der Waals surface area contributed by atoms with Gasteiger partial charge in [-0.15, -0.1) is 0 Å². The molecule has 0 spiro atoms. The van der Waals surface area contributed by atoms with Gasteiger partial charge in [-0.3, -0.25) is 4.79 Å². The highest BCUT2D eigenvalue weighted by atomic mass is 19.3. The van der Waals surface area contributed by atoms with Crippen LogP contribution < -0.4 is 15.4 Å². The summed E-state index contributed by atoms with van der Waals surface area (Å²) in [5.74, 6) is -0.00925. The number of rotatable bonds is 4. The molecule has 2 atom stereocenters. The average Bonchev–Trinajstić information content (AvgIpc) is 2.43. The van der Waals surface area contributed by atoms with Crippen LogP contribution in [-0.2, 0) is 4.79 Å². The first-order valence-corrected chi connectivity index (χ1v) is 5.81. The lowest BCUT2D eigenvalue weighted by Crippen LogP contribution is -2.47. The van der Waals surface area contributed by atoms with E-state index in [1.807, 2.05) is 12.1 Å². The summed E-state index contributed by atoms with van der Waals surface area (Å²) in [6.45, 7) is -0.258. The number of para-hydroxylation sites is 2. The van der Waals surface area contributed by atoms with Gasteiger partial charge in [-0.25, -0.2) is 8.78 Å². The first-order valence-electron chi connectivity index (χ1n) is 5.81. The number of hydrogen-bond donors (Lipinski definition) is 3. The lowest BCUT2D eigenvalue weighted by atomic mass is 10.2. The van der Waals surface area contributed by atoms with E-state index < -0.39 is 31.1 Å². The molecule has 2 unspecified atom stereocenters. The Labute approximate surface area is 108 Å². The number of ether oxygens (including phenoxy) is 1. The molecule has 1 aromatic carbocycles. The van der Waals surface area contributed by atoms with Gasteiger partial charge in [-0.2, -0.15) is 0 Å². The maximum atomic E-state index is 12.1. The third kappa shape index (κ3) is 3.31. The van der Waals surface area contributed by atoms with Crippen molar-refractivity contribution in [1.29, 1.82) is 0 Å². The third-order valence-electron chi connectivity index (χ3n) is 2.70. The smallest absolute Gasteiger partial charge is 0.265 e. The van der Waals surface area contributed by atoms with E-state index in [1.54, 1.807) is 12.1 Å². The van der Waals surface area contributed by atoms with Crippen LogP contribution in [0.25, 0.3) is 0 Å². The summed E-state index contributed by atoms with van der Waals surface area (Å²) in [5, 5.41) is 14.1. The summed E-state index contributed by atoms with van der Waals surface area (Å²) < 4.78 is 29.6. The van der Waals surface area contributed by atoms with Crippen molar-refractivity contribution in [3.63, 3.8) is 0 Å². The van der Waals surface area contributed by atoms with Gasteiger partial charge < -0.3 is 20.5 Å². The van der Waals surface area contributed by atoms with Gasteiger partial charge in [0, 0.05) is 6.54 Å². The molecular weight excluding hydrogens is 258 g/mol. The second-order valence-electron chi connectivity index (χ2n) is 4.13. The summed E-state index contributed by atoms with van der Waals surface area (Å²) in [6, 6.07) is 7.11. The molecule has 1 heterocycles. The lowest BCUT2D eigenvalue weighted by molar-refractivity contribution is -0.128. The van der Waals surface area contributed by atoms with Gasteiger partial charge in [0.1, 0.15) is 11.9 Å². The predicted molar refractivity (Wildman–Crippen MR) is 64.4 cm³/mol. The number of aliphatic hydroxyl groups is 1. The summed E-state index contributed by atoms with van der Waals surface area (Å²) in [7, 11) is 0. The van der Waals surface area contributed by atoms with Crippen LogP contribution >= 0.6 is 0 Å². The number of anilines is 1. The van der Waals surface area contributed by atoms with Crippen molar-refractivity contribution in [1.82, 2.24) is 5.32 Å². The highest BCUT2D eigenvalue weighted by molar-refractivity contribution is 5.83. The Morgan fingerprint density at radius 2 is 2.26 bits per heavy atom. The van der Waals surface area contributed by atoms with E-state index in [0.717, 1.165) is 5.69 Å². The van der Waals surface area contributed by atoms with Gasteiger partial charge in [0.25, 0.3) is 12.3 Å². The number of nitrogens with one attached hydrogen (secondary N) is 2. The first kappa shape index (κ1) is 13.5. The zero-order chi connectivity index (χ0) is 13.8. The normalized spacial score (nSPS) is 19.1. The maximum Gasteiger partial charge on any atom is 0.265 e. The maximum absolute atomic E-state index is 12.1. The number of carbonyl (C=O) groups excluding carboxylic acids is 1. The molecule has 1 aliphatic heterocycles. The molecule has 3 N–H and O–H groups in total. The van der Waals surface area contributed by atoms with Crippen LogP contribution in [0.5, 0.6) is 5.75 Å². The Hall–Kier alpha value is -1.89. The molecule has 2 rings (SSSR count).